The number of aliphatic hydroxyl groups excluding tert-OH is 1. The molecule has 1 saturated carbocycles. The van der Waals surface area contributed by atoms with Gasteiger partial charge in [0.2, 0.25) is 11.6 Å². The highest BCUT2D eigenvalue weighted by Gasteiger charge is 2.24. The Hall–Kier alpha value is -3.64. The van der Waals surface area contributed by atoms with Gasteiger partial charge in [0, 0.05) is 50.1 Å². The molecule has 1 aliphatic carbocycles. The number of tetrazole rings is 1. The number of aliphatic hydroxyl groups is 1. The summed E-state index contributed by atoms with van der Waals surface area (Å²) < 4.78 is 3.17. The van der Waals surface area contributed by atoms with Crippen molar-refractivity contribution in [2.45, 2.75) is 31.7 Å². The van der Waals surface area contributed by atoms with Crippen LogP contribution in [0.4, 0.5) is 17.3 Å². The maximum absolute atomic E-state index is 13.2. The van der Waals surface area contributed by atoms with Crippen molar-refractivity contribution in [1.29, 1.82) is 0 Å². The van der Waals surface area contributed by atoms with E-state index >= 15 is 0 Å². The Morgan fingerprint density at radius 2 is 1.80 bits per heavy atom. The fourth-order valence-electron chi connectivity index (χ4n) is 5.20. The van der Waals surface area contributed by atoms with Crippen LogP contribution in [0, 0.1) is 0 Å². The molecule has 0 amide bonds. The standard InChI is InChI=1S/C23H28N10O2/c34-14-13-30-9-11-31(12-10-30)17-7-5-16(6-8-17)25-23-24-15-19-20(26-23)32(18-3-1-2-4-18)22(35)21-27-28-29-33(19)21/h5-8,15,18,34H,1-4,9-14H2,(H,24,25,26). The first kappa shape index (κ1) is 21.9. The Bertz CT molecular complexity index is 1390. The number of rotatable bonds is 6. The topological polar surface area (TPSA) is 130 Å². The number of piperazine rings is 1. The molecule has 1 saturated heterocycles. The molecular weight excluding hydrogens is 448 g/mol. The van der Waals surface area contributed by atoms with E-state index in [9.17, 15) is 4.79 Å². The number of benzene rings is 1. The third-order valence-corrected chi connectivity index (χ3v) is 7.05. The summed E-state index contributed by atoms with van der Waals surface area (Å²) in [7, 11) is 0. The monoisotopic (exact) mass is 476 g/mol. The van der Waals surface area contributed by atoms with Crippen LogP contribution in [-0.4, -0.2) is 83.9 Å². The molecule has 182 valence electrons. The minimum Gasteiger partial charge on any atom is -0.395 e. The number of nitrogens with one attached hydrogen (secondary N) is 1. The summed E-state index contributed by atoms with van der Waals surface area (Å²) in [5.74, 6) is 0.418. The Balaban J connectivity index is 1.27. The van der Waals surface area contributed by atoms with Crippen molar-refractivity contribution in [1.82, 2.24) is 39.5 Å². The molecule has 0 radical (unpaired) electrons. The highest BCUT2D eigenvalue weighted by atomic mass is 16.3. The lowest BCUT2D eigenvalue weighted by atomic mass is 10.2. The molecule has 12 heteroatoms. The second-order valence-electron chi connectivity index (χ2n) is 9.15. The van der Waals surface area contributed by atoms with Crippen molar-refractivity contribution in [2.24, 2.45) is 0 Å². The molecule has 0 spiro atoms. The average molecular weight is 477 g/mol. The number of β-amino-alcohol motifs (C(OH)–C–C–N with tert-alkyl or cyclic N) is 1. The maximum Gasteiger partial charge on any atom is 0.299 e. The number of aromatic nitrogens is 7. The molecule has 2 aliphatic rings. The minimum absolute atomic E-state index is 0.0894. The normalized spacial score (nSPS) is 17.6. The third kappa shape index (κ3) is 4.08. The van der Waals surface area contributed by atoms with E-state index in [1.54, 1.807) is 10.8 Å². The van der Waals surface area contributed by atoms with Gasteiger partial charge in [-0.25, -0.2) is 4.98 Å². The zero-order chi connectivity index (χ0) is 23.8. The van der Waals surface area contributed by atoms with Crippen molar-refractivity contribution >= 4 is 34.1 Å². The largest absolute Gasteiger partial charge is 0.395 e. The quantitative estimate of drug-likeness (QED) is 0.419. The Labute approximate surface area is 201 Å². The number of hydrogen-bond donors (Lipinski definition) is 2. The van der Waals surface area contributed by atoms with Crippen molar-refractivity contribution < 1.29 is 5.11 Å². The minimum atomic E-state index is -0.220. The molecular formula is C23H28N10O2. The predicted molar refractivity (Wildman–Crippen MR) is 131 cm³/mol. The molecule has 1 aromatic carbocycles. The van der Waals surface area contributed by atoms with E-state index < -0.39 is 0 Å². The predicted octanol–water partition coefficient (Wildman–Crippen LogP) is 1.20. The van der Waals surface area contributed by atoms with Crippen molar-refractivity contribution in [3.63, 3.8) is 0 Å². The van der Waals surface area contributed by atoms with Gasteiger partial charge in [-0.15, -0.1) is 5.10 Å². The number of nitrogens with zero attached hydrogens (tertiary/aromatic N) is 9. The van der Waals surface area contributed by atoms with E-state index in [1.165, 1.54) is 4.52 Å². The maximum atomic E-state index is 13.2. The van der Waals surface area contributed by atoms with E-state index in [1.807, 2.05) is 12.1 Å². The summed E-state index contributed by atoms with van der Waals surface area (Å²) in [6, 6.07) is 8.29. The number of anilines is 3. The average Bonchev–Trinajstić information content (AvgIpc) is 3.59. The van der Waals surface area contributed by atoms with Crippen LogP contribution in [0.3, 0.4) is 0 Å². The fourth-order valence-corrected chi connectivity index (χ4v) is 5.20. The van der Waals surface area contributed by atoms with E-state index in [4.69, 9.17) is 10.1 Å². The van der Waals surface area contributed by atoms with Gasteiger partial charge in [0.25, 0.3) is 5.56 Å². The molecule has 2 fully saturated rings. The van der Waals surface area contributed by atoms with E-state index in [2.05, 4.69) is 47.8 Å². The summed E-state index contributed by atoms with van der Waals surface area (Å²) >= 11 is 0. The molecule has 4 aromatic rings. The molecule has 12 nitrogen and oxygen atoms in total. The van der Waals surface area contributed by atoms with Gasteiger partial charge >= 0.3 is 0 Å². The van der Waals surface area contributed by atoms with Crippen LogP contribution in [0.15, 0.2) is 35.3 Å². The van der Waals surface area contributed by atoms with Crippen LogP contribution >= 0.6 is 0 Å². The summed E-state index contributed by atoms with van der Waals surface area (Å²) in [5, 5.41) is 24.0. The van der Waals surface area contributed by atoms with Gasteiger partial charge in [0.1, 0.15) is 5.52 Å². The molecule has 35 heavy (non-hydrogen) atoms. The molecule has 3 aromatic heterocycles. The lowest BCUT2D eigenvalue weighted by molar-refractivity contribution is 0.189. The lowest BCUT2D eigenvalue weighted by Crippen LogP contribution is -2.47. The van der Waals surface area contributed by atoms with Crippen LogP contribution in [0.25, 0.3) is 16.8 Å². The third-order valence-electron chi connectivity index (χ3n) is 7.05. The number of fused-ring (bicyclic) bond motifs is 3. The van der Waals surface area contributed by atoms with Gasteiger partial charge in [0.05, 0.1) is 12.8 Å². The van der Waals surface area contributed by atoms with Crippen LogP contribution in [0.2, 0.25) is 0 Å². The van der Waals surface area contributed by atoms with Crippen molar-refractivity contribution in [2.75, 3.05) is 49.5 Å². The van der Waals surface area contributed by atoms with Gasteiger partial charge in [-0.2, -0.15) is 9.50 Å². The second-order valence-corrected chi connectivity index (χ2v) is 9.15. The Morgan fingerprint density at radius 3 is 2.54 bits per heavy atom. The number of hydrogen-bond acceptors (Lipinski definition) is 10. The van der Waals surface area contributed by atoms with Crippen LogP contribution in [0.1, 0.15) is 31.7 Å². The molecule has 2 N–H and O–H groups in total. The van der Waals surface area contributed by atoms with E-state index in [-0.39, 0.29) is 23.9 Å². The summed E-state index contributed by atoms with van der Waals surface area (Å²) in [4.78, 5) is 27.0. The zero-order valence-electron chi connectivity index (χ0n) is 19.4. The first-order chi connectivity index (χ1) is 17.2. The summed E-state index contributed by atoms with van der Waals surface area (Å²) in [5.41, 5.74) is 3.15. The molecule has 0 bridgehead atoms. The lowest BCUT2D eigenvalue weighted by Gasteiger charge is -2.35. The Kier molecular flexibility index (Phi) is 5.74. The second kappa shape index (κ2) is 9.19. The summed E-state index contributed by atoms with van der Waals surface area (Å²) in [6.45, 7) is 4.70. The smallest absolute Gasteiger partial charge is 0.299 e. The zero-order valence-corrected chi connectivity index (χ0v) is 19.4. The SMILES string of the molecule is O=c1c2nnnn2c2cnc(Nc3ccc(N4CCN(CCO)CC4)cc3)nc2n1C1CCCC1. The highest BCUT2D eigenvalue weighted by Crippen LogP contribution is 2.30. The first-order valence-electron chi connectivity index (χ1n) is 12.2. The Morgan fingerprint density at radius 1 is 1.03 bits per heavy atom. The summed E-state index contributed by atoms with van der Waals surface area (Å²) in [6.07, 6.45) is 5.73. The van der Waals surface area contributed by atoms with Gasteiger partial charge in [-0.1, -0.05) is 12.8 Å². The highest BCUT2D eigenvalue weighted by molar-refractivity contribution is 5.74. The van der Waals surface area contributed by atoms with E-state index in [0.717, 1.165) is 69.8 Å². The first-order valence-corrected chi connectivity index (χ1v) is 12.2. The molecule has 0 atom stereocenters. The molecule has 6 rings (SSSR count). The van der Waals surface area contributed by atoms with Gasteiger partial charge < -0.3 is 15.3 Å². The fraction of sp³-hybridized carbons (Fsp3) is 0.478. The van der Waals surface area contributed by atoms with Crippen LogP contribution in [0.5, 0.6) is 0 Å². The molecule has 0 unspecified atom stereocenters. The van der Waals surface area contributed by atoms with E-state index in [0.29, 0.717) is 17.1 Å². The molecule has 1 aliphatic heterocycles. The van der Waals surface area contributed by atoms with Gasteiger partial charge in [0.15, 0.2) is 5.65 Å². The van der Waals surface area contributed by atoms with Gasteiger partial charge in [-0.05, 0) is 47.5 Å². The van der Waals surface area contributed by atoms with Gasteiger partial charge in [-0.3, -0.25) is 14.3 Å². The van der Waals surface area contributed by atoms with Crippen LogP contribution in [-0.2, 0) is 0 Å². The molecule has 4 heterocycles. The van der Waals surface area contributed by atoms with Crippen molar-refractivity contribution in [3.05, 3.63) is 40.8 Å². The van der Waals surface area contributed by atoms with Crippen LogP contribution < -0.4 is 15.8 Å². The van der Waals surface area contributed by atoms with Crippen molar-refractivity contribution in [3.8, 4) is 0 Å².